The summed E-state index contributed by atoms with van der Waals surface area (Å²) >= 11 is 6.03. The van der Waals surface area contributed by atoms with Crippen LogP contribution >= 0.6 is 11.6 Å². The van der Waals surface area contributed by atoms with Gasteiger partial charge in [0.05, 0.1) is 16.3 Å². The summed E-state index contributed by atoms with van der Waals surface area (Å²) in [4.78, 5) is 12.4. The Labute approximate surface area is 152 Å². The molecule has 1 heterocycles. The Bertz CT molecular complexity index is 959. The zero-order valence-electron chi connectivity index (χ0n) is 13.6. The number of rotatable bonds is 5. The molecule has 0 aliphatic rings. The van der Waals surface area contributed by atoms with Crippen molar-refractivity contribution in [2.45, 2.75) is 13.5 Å². The van der Waals surface area contributed by atoms with E-state index in [1.807, 2.05) is 0 Å². The normalized spacial score (nSPS) is 10.6. The lowest BCUT2D eigenvalue weighted by molar-refractivity contribution is 0.101. The number of hydrogen-bond acceptors (Lipinski definition) is 4. The number of carbonyl (C=O) groups is 1. The molecular formula is C18H13ClF2N2O3. The second-order valence-electron chi connectivity index (χ2n) is 5.36. The number of anilines is 1. The quantitative estimate of drug-likeness (QED) is 0.696. The van der Waals surface area contributed by atoms with E-state index in [1.165, 1.54) is 0 Å². The van der Waals surface area contributed by atoms with E-state index in [4.69, 9.17) is 20.9 Å². The van der Waals surface area contributed by atoms with Crippen LogP contribution in [0.3, 0.4) is 0 Å². The maximum atomic E-state index is 13.7. The van der Waals surface area contributed by atoms with Crippen LogP contribution in [0.1, 0.15) is 21.8 Å². The van der Waals surface area contributed by atoms with Crippen molar-refractivity contribution in [2.75, 3.05) is 5.32 Å². The third-order valence-corrected chi connectivity index (χ3v) is 3.90. The van der Waals surface area contributed by atoms with Crippen molar-refractivity contribution < 1.29 is 22.8 Å². The summed E-state index contributed by atoms with van der Waals surface area (Å²) in [6.45, 7) is 1.57. The lowest BCUT2D eigenvalue weighted by atomic mass is 10.2. The van der Waals surface area contributed by atoms with Gasteiger partial charge >= 0.3 is 0 Å². The summed E-state index contributed by atoms with van der Waals surface area (Å²) in [5.74, 6) is -1.41. The second-order valence-corrected chi connectivity index (χ2v) is 5.77. The first-order chi connectivity index (χ1) is 12.5. The highest BCUT2D eigenvalue weighted by Gasteiger charge is 2.22. The van der Waals surface area contributed by atoms with Crippen LogP contribution in [0.25, 0.3) is 0 Å². The molecule has 0 saturated carbocycles. The van der Waals surface area contributed by atoms with Crippen molar-refractivity contribution in [2.24, 2.45) is 0 Å². The lowest BCUT2D eigenvalue weighted by Gasteiger charge is -2.09. The first-order valence-electron chi connectivity index (χ1n) is 7.54. The second kappa shape index (κ2) is 7.53. The van der Waals surface area contributed by atoms with Gasteiger partial charge in [-0.2, -0.15) is 0 Å². The average molecular weight is 379 g/mol. The SMILES string of the molecule is Cc1onc(C(=O)Nc2cc(F)ccc2F)c1COc1ccccc1Cl. The first-order valence-corrected chi connectivity index (χ1v) is 7.92. The van der Waals surface area contributed by atoms with Gasteiger partial charge in [-0.3, -0.25) is 4.79 Å². The van der Waals surface area contributed by atoms with Gasteiger partial charge in [0.1, 0.15) is 29.8 Å². The van der Waals surface area contributed by atoms with Crippen molar-refractivity contribution in [3.63, 3.8) is 0 Å². The third-order valence-electron chi connectivity index (χ3n) is 3.59. The van der Waals surface area contributed by atoms with Crippen LogP contribution in [-0.4, -0.2) is 11.1 Å². The fourth-order valence-electron chi connectivity index (χ4n) is 2.23. The zero-order valence-corrected chi connectivity index (χ0v) is 14.3. The molecule has 0 bridgehead atoms. The number of amides is 1. The van der Waals surface area contributed by atoms with E-state index in [0.717, 1.165) is 18.2 Å². The highest BCUT2D eigenvalue weighted by molar-refractivity contribution is 6.32. The van der Waals surface area contributed by atoms with Crippen LogP contribution in [0.15, 0.2) is 47.0 Å². The molecule has 0 atom stereocenters. The van der Waals surface area contributed by atoms with E-state index in [1.54, 1.807) is 31.2 Å². The molecule has 26 heavy (non-hydrogen) atoms. The Balaban J connectivity index is 1.79. The standard InChI is InChI=1S/C18H13ClF2N2O3/c1-10-12(9-25-16-5-3-2-4-13(16)19)17(23-26-10)18(24)22-15-8-11(20)6-7-14(15)21/h2-8H,9H2,1H3,(H,22,24). The fraction of sp³-hybridized carbons (Fsp3) is 0.111. The van der Waals surface area contributed by atoms with Crippen LogP contribution in [-0.2, 0) is 6.61 Å². The van der Waals surface area contributed by atoms with Gasteiger partial charge in [0.25, 0.3) is 5.91 Å². The molecule has 1 N–H and O–H groups in total. The van der Waals surface area contributed by atoms with Crippen LogP contribution in [0.2, 0.25) is 5.02 Å². The molecule has 0 unspecified atom stereocenters. The molecule has 8 heteroatoms. The average Bonchev–Trinajstić information content (AvgIpc) is 2.98. The maximum absolute atomic E-state index is 13.7. The van der Waals surface area contributed by atoms with Crippen LogP contribution < -0.4 is 10.1 Å². The van der Waals surface area contributed by atoms with Gasteiger partial charge in [-0.25, -0.2) is 8.78 Å². The Hall–Kier alpha value is -2.93. The summed E-state index contributed by atoms with van der Waals surface area (Å²) in [6, 6.07) is 9.59. The van der Waals surface area contributed by atoms with Gasteiger partial charge in [0.15, 0.2) is 5.69 Å². The molecule has 3 rings (SSSR count). The summed E-state index contributed by atoms with van der Waals surface area (Å²) in [5, 5.41) is 6.37. The number of halogens is 3. The molecule has 0 radical (unpaired) electrons. The minimum absolute atomic E-state index is 0.0343. The van der Waals surface area contributed by atoms with E-state index >= 15 is 0 Å². The van der Waals surface area contributed by atoms with Crippen molar-refractivity contribution in [1.82, 2.24) is 5.16 Å². The number of aryl methyl sites for hydroxylation is 1. The van der Waals surface area contributed by atoms with Crippen molar-refractivity contribution in [3.8, 4) is 5.75 Å². The number of aromatic nitrogens is 1. The Morgan fingerprint density at radius 1 is 1.27 bits per heavy atom. The molecule has 5 nitrogen and oxygen atoms in total. The highest BCUT2D eigenvalue weighted by atomic mass is 35.5. The number of ether oxygens (including phenoxy) is 1. The van der Waals surface area contributed by atoms with Crippen LogP contribution in [0.5, 0.6) is 5.75 Å². The lowest BCUT2D eigenvalue weighted by Crippen LogP contribution is -2.16. The van der Waals surface area contributed by atoms with Crippen molar-refractivity contribution >= 4 is 23.2 Å². The van der Waals surface area contributed by atoms with E-state index < -0.39 is 17.5 Å². The summed E-state index contributed by atoms with van der Waals surface area (Å²) < 4.78 is 37.6. The van der Waals surface area contributed by atoms with E-state index in [-0.39, 0.29) is 18.0 Å². The number of carbonyl (C=O) groups excluding carboxylic acids is 1. The molecule has 1 aromatic heterocycles. The number of nitrogens with zero attached hydrogens (tertiary/aromatic N) is 1. The Kier molecular flexibility index (Phi) is 5.18. The number of benzene rings is 2. The topological polar surface area (TPSA) is 64.4 Å². The van der Waals surface area contributed by atoms with Crippen LogP contribution in [0, 0.1) is 18.6 Å². The highest BCUT2D eigenvalue weighted by Crippen LogP contribution is 2.26. The molecule has 0 aliphatic carbocycles. The Morgan fingerprint density at radius 3 is 2.81 bits per heavy atom. The smallest absolute Gasteiger partial charge is 0.278 e. The number of para-hydroxylation sites is 1. The minimum Gasteiger partial charge on any atom is -0.487 e. The molecule has 0 aliphatic heterocycles. The number of nitrogens with one attached hydrogen (secondary N) is 1. The molecule has 0 saturated heterocycles. The van der Waals surface area contributed by atoms with Gasteiger partial charge < -0.3 is 14.6 Å². The number of hydrogen-bond donors (Lipinski definition) is 1. The molecule has 2 aromatic carbocycles. The molecule has 0 fully saturated rings. The summed E-state index contributed by atoms with van der Waals surface area (Å²) in [7, 11) is 0. The largest absolute Gasteiger partial charge is 0.487 e. The zero-order chi connectivity index (χ0) is 18.7. The van der Waals surface area contributed by atoms with Gasteiger partial charge in [-0.05, 0) is 31.2 Å². The summed E-state index contributed by atoms with van der Waals surface area (Å²) in [5.41, 5.74) is -0.00827. The fourth-order valence-corrected chi connectivity index (χ4v) is 2.42. The van der Waals surface area contributed by atoms with Gasteiger partial charge in [0, 0.05) is 6.07 Å². The van der Waals surface area contributed by atoms with Gasteiger partial charge in [-0.1, -0.05) is 28.9 Å². The summed E-state index contributed by atoms with van der Waals surface area (Å²) in [6.07, 6.45) is 0. The molecule has 3 aromatic rings. The van der Waals surface area contributed by atoms with Gasteiger partial charge in [0.2, 0.25) is 0 Å². The van der Waals surface area contributed by atoms with E-state index in [2.05, 4.69) is 10.5 Å². The third kappa shape index (κ3) is 3.83. The van der Waals surface area contributed by atoms with E-state index in [0.29, 0.717) is 22.1 Å². The molecule has 0 spiro atoms. The predicted molar refractivity (Wildman–Crippen MR) is 91.3 cm³/mol. The van der Waals surface area contributed by atoms with Crippen LogP contribution in [0.4, 0.5) is 14.5 Å². The Morgan fingerprint density at radius 2 is 2.04 bits per heavy atom. The first kappa shape index (κ1) is 17.9. The molecule has 134 valence electrons. The minimum atomic E-state index is -0.770. The maximum Gasteiger partial charge on any atom is 0.278 e. The monoisotopic (exact) mass is 378 g/mol. The van der Waals surface area contributed by atoms with Gasteiger partial charge in [-0.15, -0.1) is 0 Å². The predicted octanol–water partition coefficient (Wildman–Crippen LogP) is 4.75. The van der Waals surface area contributed by atoms with E-state index in [9.17, 15) is 13.6 Å². The molecular weight excluding hydrogens is 366 g/mol. The van der Waals surface area contributed by atoms with Crippen molar-refractivity contribution in [1.29, 1.82) is 0 Å². The molecule has 1 amide bonds. The van der Waals surface area contributed by atoms with Crippen molar-refractivity contribution in [3.05, 3.63) is 76.1 Å².